The molecule has 0 bridgehead atoms. The van der Waals surface area contributed by atoms with Crippen LogP contribution < -0.4 is 10.9 Å². The number of amides is 1. The van der Waals surface area contributed by atoms with Crippen molar-refractivity contribution in [1.82, 2.24) is 20.3 Å². The van der Waals surface area contributed by atoms with E-state index < -0.39 is 0 Å². The first-order chi connectivity index (χ1) is 12.0. The van der Waals surface area contributed by atoms with Gasteiger partial charge in [0, 0.05) is 34.1 Å². The van der Waals surface area contributed by atoms with Gasteiger partial charge in [0.1, 0.15) is 5.82 Å². The van der Waals surface area contributed by atoms with Crippen LogP contribution in [0.4, 0.5) is 0 Å². The van der Waals surface area contributed by atoms with Gasteiger partial charge in [0.05, 0.1) is 12.5 Å². The van der Waals surface area contributed by atoms with Gasteiger partial charge in [0.15, 0.2) is 0 Å². The predicted octanol–water partition coefficient (Wildman–Crippen LogP) is 2.62. The summed E-state index contributed by atoms with van der Waals surface area (Å²) in [5.41, 5.74) is 1.42. The van der Waals surface area contributed by atoms with Gasteiger partial charge >= 0.3 is 0 Å². The summed E-state index contributed by atoms with van der Waals surface area (Å²) in [6.45, 7) is 3.66. The Morgan fingerprint density at radius 3 is 2.72 bits per heavy atom. The van der Waals surface area contributed by atoms with Crippen molar-refractivity contribution in [3.63, 3.8) is 0 Å². The Morgan fingerprint density at radius 1 is 1.32 bits per heavy atom. The second-order valence-corrected chi connectivity index (χ2v) is 6.68. The van der Waals surface area contributed by atoms with Crippen LogP contribution in [-0.2, 0) is 11.2 Å². The first-order valence-corrected chi connectivity index (χ1v) is 8.75. The molecule has 3 aromatic heterocycles. The van der Waals surface area contributed by atoms with Crippen molar-refractivity contribution >= 4 is 17.2 Å². The van der Waals surface area contributed by atoms with Crippen LogP contribution in [0.2, 0.25) is 0 Å². The molecule has 0 aliphatic rings. The van der Waals surface area contributed by atoms with Gasteiger partial charge in [-0.3, -0.25) is 14.6 Å². The second kappa shape index (κ2) is 7.40. The van der Waals surface area contributed by atoms with E-state index in [0.29, 0.717) is 17.1 Å². The summed E-state index contributed by atoms with van der Waals surface area (Å²) in [5.74, 6) is 0.272. The van der Waals surface area contributed by atoms with Crippen LogP contribution in [0.25, 0.3) is 11.4 Å². The van der Waals surface area contributed by atoms with E-state index >= 15 is 0 Å². The zero-order valence-electron chi connectivity index (χ0n) is 13.9. The van der Waals surface area contributed by atoms with Crippen molar-refractivity contribution in [2.24, 2.45) is 0 Å². The van der Waals surface area contributed by atoms with Crippen molar-refractivity contribution in [2.75, 3.05) is 0 Å². The average molecular weight is 354 g/mol. The topological polar surface area (TPSA) is 87.7 Å². The number of aromatic nitrogens is 3. The van der Waals surface area contributed by atoms with Gasteiger partial charge in [-0.25, -0.2) is 4.98 Å². The van der Waals surface area contributed by atoms with Crippen molar-refractivity contribution in [1.29, 1.82) is 0 Å². The number of carbonyl (C=O) groups excluding carboxylic acids is 1. The van der Waals surface area contributed by atoms with Gasteiger partial charge in [-0.1, -0.05) is 6.07 Å². The number of thiophene rings is 1. The van der Waals surface area contributed by atoms with Crippen molar-refractivity contribution in [2.45, 2.75) is 26.3 Å². The molecule has 0 spiro atoms. The largest absolute Gasteiger partial charge is 0.348 e. The Kier molecular flexibility index (Phi) is 5.04. The fourth-order valence-electron chi connectivity index (χ4n) is 2.53. The maximum absolute atomic E-state index is 12.4. The highest BCUT2D eigenvalue weighted by molar-refractivity contribution is 7.10. The van der Waals surface area contributed by atoms with E-state index in [1.807, 2.05) is 24.4 Å². The molecular weight excluding hydrogens is 336 g/mol. The quantitative estimate of drug-likeness (QED) is 0.737. The molecule has 25 heavy (non-hydrogen) atoms. The molecule has 2 N–H and O–H groups in total. The van der Waals surface area contributed by atoms with Gasteiger partial charge in [-0.2, -0.15) is 0 Å². The van der Waals surface area contributed by atoms with E-state index in [-0.39, 0.29) is 23.9 Å². The molecule has 0 aliphatic heterocycles. The van der Waals surface area contributed by atoms with Crippen molar-refractivity contribution in [3.8, 4) is 11.4 Å². The molecule has 6 nitrogen and oxygen atoms in total. The lowest BCUT2D eigenvalue weighted by Crippen LogP contribution is -2.30. The number of aromatic amines is 1. The summed E-state index contributed by atoms with van der Waals surface area (Å²) < 4.78 is 0. The summed E-state index contributed by atoms with van der Waals surface area (Å²) in [6.07, 6.45) is 3.27. The maximum Gasteiger partial charge on any atom is 0.255 e. The monoisotopic (exact) mass is 354 g/mol. The van der Waals surface area contributed by atoms with Crippen LogP contribution >= 0.6 is 11.3 Å². The highest BCUT2D eigenvalue weighted by Gasteiger charge is 2.16. The van der Waals surface area contributed by atoms with Gasteiger partial charge in [-0.05, 0) is 37.4 Å². The van der Waals surface area contributed by atoms with Crippen molar-refractivity contribution in [3.05, 3.63) is 68.5 Å². The minimum absolute atomic E-state index is 0.000503. The van der Waals surface area contributed by atoms with Gasteiger partial charge < -0.3 is 10.3 Å². The molecule has 128 valence electrons. The summed E-state index contributed by atoms with van der Waals surface area (Å²) in [7, 11) is 0. The molecule has 7 heteroatoms. The predicted molar refractivity (Wildman–Crippen MR) is 97.4 cm³/mol. The molecule has 0 unspecified atom stereocenters. The number of hydrogen-bond donors (Lipinski definition) is 2. The number of hydrogen-bond acceptors (Lipinski definition) is 5. The van der Waals surface area contributed by atoms with Crippen LogP contribution in [0, 0.1) is 6.92 Å². The minimum Gasteiger partial charge on any atom is -0.348 e. The average Bonchev–Trinajstić information content (AvgIpc) is 3.13. The molecular formula is C18H18N4O2S. The fourth-order valence-corrected chi connectivity index (χ4v) is 3.26. The Bertz CT molecular complexity index is 920. The lowest BCUT2D eigenvalue weighted by Gasteiger charge is -2.13. The first kappa shape index (κ1) is 17.0. The third-order valence-electron chi connectivity index (χ3n) is 3.86. The lowest BCUT2D eigenvalue weighted by molar-refractivity contribution is -0.121. The standard InChI is InChI=1S/C18H18N4O2S/c1-11-14(10-16(23)20-12(2)15-4-3-9-25-15)18(24)22-17(21-11)13-5-7-19-8-6-13/h3-9,12H,10H2,1-2H3,(H,20,23)(H,21,22,24)/t12-/m0/s1. The molecule has 0 aromatic carbocycles. The van der Waals surface area contributed by atoms with E-state index in [9.17, 15) is 9.59 Å². The highest BCUT2D eigenvalue weighted by Crippen LogP contribution is 2.18. The summed E-state index contributed by atoms with van der Waals surface area (Å²) in [6, 6.07) is 7.37. The number of nitrogens with one attached hydrogen (secondary N) is 2. The van der Waals surface area contributed by atoms with E-state index in [2.05, 4.69) is 20.3 Å². The highest BCUT2D eigenvalue weighted by atomic mass is 32.1. The fraction of sp³-hybridized carbons (Fsp3) is 0.222. The Morgan fingerprint density at radius 2 is 2.08 bits per heavy atom. The summed E-state index contributed by atoms with van der Waals surface area (Å²) in [5, 5.41) is 4.88. The molecule has 3 rings (SSSR count). The van der Waals surface area contributed by atoms with E-state index in [4.69, 9.17) is 0 Å². The molecule has 0 saturated carbocycles. The number of pyridine rings is 1. The normalized spacial score (nSPS) is 11.9. The second-order valence-electron chi connectivity index (χ2n) is 5.70. The molecule has 0 saturated heterocycles. The first-order valence-electron chi connectivity index (χ1n) is 7.87. The molecule has 0 fully saturated rings. The number of H-pyrrole nitrogens is 1. The van der Waals surface area contributed by atoms with Crippen LogP contribution in [0.5, 0.6) is 0 Å². The molecule has 0 aliphatic carbocycles. The zero-order valence-corrected chi connectivity index (χ0v) is 14.8. The van der Waals surface area contributed by atoms with Crippen LogP contribution in [-0.4, -0.2) is 20.9 Å². The molecule has 1 atom stereocenters. The Labute approximate surface area is 149 Å². The summed E-state index contributed by atoms with van der Waals surface area (Å²) in [4.78, 5) is 36.9. The SMILES string of the molecule is Cc1nc(-c2ccncc2)[nH]c(=O)c1CC(=O)N[C@@H](C)c1cccs1. The van der Waals surface area contributed by atoms with E-state index in [0.717, 1.165) is 10.4 Å². The van der Waals surface area contributed by atoms with Gasteiger partial charge in [-0.15, -0.1) is 11.3 Å². The van der Waals surface area contributed by atoms with Crippen LogP contribution in [0.1, 0.15) is 29.1 Å². The van der Waals surface area contributed by atoms with Crippen LogP contribution in [0.3, 0.4) is 0 Å². The third kappa shape index (κ3) is 4.00. The Balaban J connectivity index is 1.77. The van der Waals surface area contributed by atoms with Gasteiger partial charge in [0.25, 0.3) is 5.56 Å². The lowest BCUT2D eigenvalue weighted by atomic mass is 10.1. The smallest absolute Gasteiger partial charge is 0.255 e. The van der Waals surface area contributed by atoms with Crippen molar-refractivity contribution < 1.29 is 4.79 Å². The summed E-state index contributed by atoms with van der Waals surface area (Å²) >= 11 is 1.59. The number of rotatable bonds is 5. The maximum atomic E-state index is 12.4. The molecule has 1 amide bonds. The third-order valence-corrected chi connectivity index (χ3v) is 4.92. The molecule has 3 heterocycles. The van der Waals surface area contributed by atoms with E-state index in [1.165, 1.54) is 0 Å². The number of nitrogens with zero attached hydrogens (tertiary/aromatic N) is 2. The molecule has 3 aromatic rings. The number of carbonyl (C=O) groups is 1. The van der Waals surface area contributed by atoms with Gasteiger partial charge in [0.2, 0.25) is 5.91 Å². The Hall–Kier alpha value is -2.80. The minimum atomic E-state index is -0.293. The molecule has 0 radical (unpaired) electrons. The van der Waals surface area contributed by atoms with E-state index in [1.54, 1.807) is 42.8 Å². The zero-order chi connectivity index (χ0) is 17.8. The number of aryl methyl sites for hydroxylation is 1. The van der Waals surface area contributed by atoms with Crippen LogP contribution in [0.15, 0.2) is 46.8 Å².